The Balaban J connectivity index is 1.75. The zero-order chi connectivity index (χ0) is 17.9. The van der Waals surface area contributed by atoms with Crippen LogP contribution in [0.2, 0.25) is 0 Å². The Labute approximate surface area is 145 Å². The van der Waals surface area contributed by atoms with Crippen LogP contribution < -0.4 is 0 Å². The predicted octanol–water partition coefficient (Wildman–Crippen LogP) is 1.03. The first-order chi connectivity index (χ1) is 11.6. The van der Waals surface area contributed by atoms with Crippen molar-refractivity contribution in [1.29, 1.82) is 0 Å². The van der Waals surface area contributed by atoms with Crippen molar-refractivity contribution in [2.24, 2.45) is 28.6 Å². The van der Waals surface area contributed by atoms with E-state index in [0.717, 1.165) is 5.57 Å². The zero-order valence-corrected chi connectivity index (χ0v) is 14.1. The molecule has 5 aliphatic rings. The van der Waals surface area contributed by atoms with Gasteiger partial charge in [0, 0.05) is 5.92 Å². The van der Waals surface area contributed by atoms with E-state index in [1.807, 2.05) is 0 Å². The fraction of sp³-hybridized carbons (Fsp3) is 0.684. The van der Waals surface area contributed by atoms with Crippen LogP contribution >= 0.6 is 0 Å². The third kappa shape index (κ3) is 1.47. The van der Waals surface area contributed by atoms with E-state index in [0.29, 0.717) is 31.3 Å². The number of carbonyl (C=O) groups is 2. The van der Waals surface area contributed by atoms with Crippen molar-refractivity contribution < 1.29 is 29.6 Å². The highest BCUT2D eigenvalue weighted by atomic mass is 16.6. The number of aliphatic hydroxyl groups excluding tert-OH is 1. The first kappa shape index (κ1) is 15.6. The number of carbonyl (C=O) groups excluding carboxylic acids is 1. The van der Waals surface area contributed by atoms with E-state index in [2.05, 4.69) is 6.58 Å². The van der Waals surface area contributed by atoms with Crippen LogP contribution in [-0.2, 0) is 14.3 Å². The van der Waals surface area contributed by atoms with Gasteiger partial charge in [-0.1, -0.05) is 12.2 Å². The number of esters is 1. The molecule has 3 N–H and O–H groups in total. The average molecular weight is 346 g/mol. The van der Waals surface area contributed by atoms with Crippen LogP contribution in [0.25, 0.3) is 0 Å². The zero-order valence-electron chi connectivity index (χ0n) is 14.1. The lowest BCUT2D eigenvalue weighted by Gasteiger charge is -2.41. The van der Waals surface area contributed by atoms with Gasteiger partial charge in [-0.3, -0.25) is 9.59 Å². The van der Waals surface area contributed by atoms with Crippen molar-refractivity contribution >= 4 is 11.9 Å². The molecular formula is C19H22O6. The van der Waals surface area contributed by atoms with Crippen molar-refractivity contribution in [2.75, 3.05) is 0 Å². The molecular weight excluding hydrogens is 324 g/mol. The summed E-state index contributed by atoms with van der Waals surface area (Å²) in [6.45, 7) is 5.66. The Morgan fingerprint density at radius 3 is 2.84 bits per heavy atom. The van der Waals surface area contributed by atoms with Gasteiger partial charge < -0.3 is 20.1 Å². The van der Waals surface area contributed by atoms with Crippen LogP contribution in [0.15, 0.2) is 23.8 Å². The molecule has 25 heavy (non-hydrogen) atoms. The van der Waals surface area contributed by atoms with Gasteiger partial charge in [-0.25, -0.2) is 0 Å². The highest BCUT2D eigenvalue weighted by Crippen LogP contribution is 2.74. The number of rotatable bonds is 1. The number of aliphatic hydroxyl groups is 2. The third-order valence-corrected chi connectivity index (χ3v) is 7.95. The highest BCUT2D eigenvalue weighted by molar-refractivity contribution is 5.85. The van der Waals surface area contributed by atoms with Crippen LogP contribution in [0.4, 0.5) is 0 Å². The van der Waals surface area contributed by atoms with E-state index < -0.39 is 52.4 Å². The summed E-state index contributed by atoms with van der Waals surface area (Å²) in [7, 11) is 0. The van der Waals surface area contributed by atoms with E-state index in [9.17, 15) is 24.9 Å². The Kier molecular flexibility index (Phi) is 2.60. The molecule has 1 heterocycles. The lowest BCUT2D eigenvalue weighted by atomic mass is 9.61. The van der Waals surface area contributed by atoms with Crippen molar-refractivity contribution in [2.45, 2.75) is 50.4 Å². The topological polar surface area (TPSA) is 104 Å². The molecule has 6 nitrogen and oxygen atoms in total. The normalized spacial score (nSPS) is 55.5. The molecule has 134 valence electrons. The van der Waals surface area contributed by atoms with Crippen molar-refractivity contribution in [3.8, 4) is 0 Å². The second kappa shape index (κ2) is 4.18. The first-order valence-corrected chi connectivity index (χ1v) is 8.89. The number of aliphatic carboxylic acids is 1. The smallest absolute Gasteiger partial charge is 0.315 e. The summed E-state index contributed by atoms with van der Waals surface area (Å²) in [6.07, 6.45) is 2.14. The molecule has 0 unspecified atom stereocenters. The molecule has 4 bridgehead atoms. The molecule has 1 aliphatic heterocycles. The molecule has 0 aromatic heterocycles. The SMILES string of the molecule is C=C1C[C@]23C[C@@]1(O)CC[C@@H]2C1=C[C@@H]2OC(=O)[C@](C)([C@H]1[C@@H]3C(=O)O)[C@H]2O. The Bertz CT molecular complexity index is 770. The number of carboxylic acids is 1. The number of ether oxygens (including phenoxy) is 1. The van der Waals surface area contributed by atoms with Gasteiger partial charge in [0.25, 0.3) is 0 Å². The van der Waals surface area contributed by atoms with Gasteiger partial charge in [0.05, 0.1) is 11.5 Å². The predicted molar refractivity (Wildman–Crippen MR) is 85.2 cm³/mol. The monoisotopic (exact) mass is 346 g/mol. The molecule has 5 rings (SSSR count). The van der Waals surface area contributed by atoms with Crippen LogP contribution in [-0.4, -0.2) is 45.1 Å². The third-order valence-electron chi connectivity index (χ3n) is 7.95. The second-order valence-electron chi connectivity index (χ2n) is 8.87. The molecule has 0 aromatic rings. The van der Waals surface area contributed by atoms with Crippen LogP contribution in [0.3, 0.4) is 0 Å². The lowest BCUT2D eigenvalue weighted by molar-refractivity contribution is -0.157. The van der Waals surface area contributed by atoms with E-state index in [1.54, 1.807) is 13.0 Å². The molecule has 0 radical (unpaired) electrons. The summed E-state index contributed by atoms with van der Waals surface area (Å²) in [5.74, 6) is -2.92. The standard InChI is InChI=1S/C19H22O6/c1-8-6-18-7-19(8,24)4-3-10(18)9-5-11-14(20)17(2,16(23)25-11)12(9)13(18)15(21)22/h5,10-14,20,24H,1,3-4,6-7H2,2H3,(H,21,22)/t10-,11+,12-,13-,14+,17-,18+,19+/m1/s1. The molecule has 6 heteroatoms. The summed E-state index contributed by atoms with van der Waals surface area (Å²) < 4.78 is 5.34. The molecule has 1 saturated heterocycles. The van der Waals surface area contributed by atoms with Crippen LogP contribution in [0.1, 0.15) is 32.6 Å². The minimum atomic E-state index is -1.24. The number of carboxylic acid groups (broad SMARTS) is 1. The quantitative estimate of drug-likeness (QED) is 0.484. The van der Waals surface area contributed by atoms with E-state index >= 15 is 0 Å². The largest absolute Gasteiger partial charge is 0.481 e. The van der Waals surface area contributed by atoms with Crippen LogP contribution in [0, 0.1) is 28.6 Å². The summed E-state index contributed by atoms with van der Waals surface area (Å²) in [5.41, 5.74) is -1.23. The summed E-state index contributed by atoms with van der Waals surface area (Å²) in [4.78, 5) is 24.9. The van der Waals surface area contributed by atoms with E-state index in [1.165, 1.54) is 0 Å². The summed E-state index contributed by atoms with van der Waals surface area (Å²) >= 11 is 0. The van der Waals surface area contributed by atoms with Gasteiger partial charge in [0.15, 0.2) is 0 Å². The number of fused-ring (bicyclic) bond motifs is 6. The average Bonchev–Trinajstić information content (AvgIpc) is 2.96. The fourth-order valence-electron chi connectivity index (χ4n) is 6.86. The minimum absolute atomic E-state index is 0.0121. The van der Waals surface area contributed by atoms with Crippen molar-refractivity contribution in [3.05, 3.63) is 23.8 Å². The van der Waals surface area contributed by atoms with Gasteiger partial charge in [-0.2, -0.15) is 0 Å². The number of hydrogen-bond acceptors (Lipinski definition) is 5. The van der Waals surface area contributed by atoms with E-state index in [4.69, 9.17) is 4.74 Å². The maximum Gasteiger partial charge on any atom is 0.315 e. The first-order valence-electron chi connectivity index (χ1n) is 8.89. The molecule has 8 atom stereocenters. The summed E-state index contributed by atoms with van der Waals surface area (Å²) in [6, 6.07) is 0. The minimum Gasteiger partial charge on any atom is -0.481 e. The maximum absolute atomic E-state index is 12.6. The van der Waals surface area contributed by atoms with Gasteiger partial charge in [-0.05, 0) is 55.6 Å². The number of allylic oxidation sites excluding steroid dienone is 1. The van der Waals surface area contributed by atoms with Gasteiger partial charge in [0.1, 0.15) is 17.6 Å². The Morgan fingerprint density at radius 1 is 1.44 bits per heavy atom. The van der Waals surface area contributed by atoms with Gasteiger partial charge >= 0.3 is 11.9 Å². The lowest BCUT2D eigenvalue weighted by Crippen LogP contribution is -2.50. The van der Waals surface area contributed by atoms with Crippen molar-refractivity contribution in [3.63, 3.8) is 0 Å². The van der Waals surface area contributed by atoms with Gasteiger partial charge in [0.2, 0.25) is 0 Å². The highest BCUT2D eigenvalue weighted by Gasteiger charge is 2.75. The molecule has 1 spiro atoms. The molecule has 4 aliphatic carbocycles. The van der Waals surface area contributed by atoms with Crippen molar-refractivity contribution in [1.82, 2.24) is 0 Å². The Morgan fingerprint density at radius 2 is 2.16 bits per heavy atom. The second-order valence-corrected chi connectivity index (χ2v) is 8.87. The molecule has 0 amide bonds. The maximum atomic E-state index is 12.6. The fourth-order valence-corrected chi connectivity index (χ4v) is 6.86. The number of hydrogen-bond donors (Lipinski definition) is 3. The Hall–Kier alpha value is -1.66. The van der Waals surface area contributed by atoms with Crippen LogP contribution in [0.5, 0.6) is 0 Å². The molecule has 3 saturated carbocycles. The van der Waals surface area contributed by atoms with Gasteiger partial charge in [-0.15, -0.1) is 0 Å². The molecule has 4 fully saturated rings. The molecule has 0 aromatic carbocycles. The summed E-state index contributed by atoms with van der Waals surface area (Å²) in [5, 5.41) is 31.7. The van der Waals surface area contributed by atoms with E-state index in [-0.39, 0.29) is 5.92 Å².